The van der Waals surface area contributed by atoms with Crippen LogP contribution in [-0.4, -0.2) is 28.9 Å². The van der Waals surface area contributed by atoms with Crippen molar-refractivity contribution >= 4 is 5.91 Å². The van der Waals surface area contributed by atoms with Crippen LogP contribution in [0.2, 0.25) is 0 Å². The summed E-state index contributed by atoms with van der Waals surface area (Å²) in [5.74, 6) is 0.124. The van der Waals surface area contributed by atoms with Crippen molar-refractivity contribution in [2.24, 2.45) is 0 Å². The first-order chi connectivity index (χ1) is 5.79. The molecule has 1 fully saturated rings. The highest BCUT2D eigenvalue weighted by atomic mass is 16.2. The van der Waals surface area contributed by atoms with Crippen LogP contribution in [0.25, 0.3) is 0 Å². The summed E-state index contributed by atoms with van der Waals surface area (Å²) < 4.78 is 0. The molecular weight excluding hydrogens is 152 g/mol. The summed E-state index contributed by atoms with van der Waals surface area (Å²) in [6, 6.07) is 2.30. The molecule has 3 heteroatoms. The zero-order valence-electron chi connectivity index (χ0n) is 7.08. The van der Waals surface area contributed by atoms with Crippen molar-refractivity contribution in [3.05, 3.63) is 24.0 Å². The van der Waals surface area contributed by atoms with Crippen LogP contribution in [0.4, 0.5) is 0 Å². The van der Waals surface area contributed by atoms with E-state index in [1.807, 2.05) is 11.9 Å². The number of hydrogen-bond donors (Lipinski definition) is 1. The van der Waals surface area contributed by atoms with Crippen molar-refractivity contribution in [3.8, 4) is 0 Å². The van der Waals surface area contributed by atoms with E-state index in [9.17, 15) is 4.79 Å². The molecule has 2 rings (SSSR count). The number of rotatable bonds is 2. The topological polar surface area (TPSA) is 36.1 Å². The number of amides is 1. The Morgan fingerprint density at radius 1 is 1.67 bits per heavy atom. The number of nitrogens with zero attached hydrogens (tertiary/aromatic N) is 1. The summed E-state index contributed by atoms with van der Waals surface area (Å²) >= 11 is 0. The van der Waals surface area contributed by atoms with Gasteiger partial charge in [0.25, 0.3) is 5.91 Å². The number of carbonyl (C=O) groups excluding carboxylic acids is 1. The Labute approximate surface area is 71.4 Å². The molecule has 12 heavy (non-hydrogen) atoms. The number of hydrogen-bond acceptors (Lipinski definition) is 1. The molecule has 0 saturated heterocycles. The Morgan fingerprint density at radius 2 is 2.42 bits per heavy atom. The van der Waals surface area contributed by atoms with Crippen molar-refractivity contribution in [1.29, 1.82) is 0 Å². The van der Waals surface area contributed by atoms with Gasteiger partial charge in [-0.1, -0.05) is 0 Å². The molecule has 1 aliphatic carbocycles. The smallest absolute Gasteiger partial charge is 0.255 e. The van der Waals surface area contributed by atoms with E-state index >= 15 is 0 Å². The summed E-state index contributed by atoms with van der Waals surface area (Å²) in [5, 5.41) is 0. The summed E-state index contributed by atoms with van der Waals surface area (Å²) in [7, 11) is 1.87. The molecule has 3 nitrogen and oxygen atoms in total. The van der Waals surface area contributed by atoms with E-state index in [0.29, 0.717) is 6.04 Å². The molecule has 1 aromatic rings. The maximum Gasteiger partial charge on any atom is 0.255 e. The van der Waals surface area contributed by atoms with Gasteiger partial charge in [-0.25, -0.2) is 0 Å². The monoisotopic (exact) mass is 164 g/mol. The minimum atomic E-state index is 0.124. The fourth-order valence-corrected chi connectivity index (χ4v) is 1.29. The van der Waals surface area contributed by atoms with Crippen LogP contribution in [0.15, 0.2) is 18.5 Å². The van der Waals surface area contributed by atoms with Gasteiger partial charge in [0.15, 0.2) is 0 Å². The van der Waals surface area contributed by atoms with Crippen molar-refractivity contribution < 1.29 is 4.79 Å². The highest BCUT2D eigenvalue weighted by Crippen LogP contribution is 2.26. The van der Waals surface area contributed by atoms with Gasteiger partial charge < -0.3 is 9.88 Å². The van der Waals surface area contributed by atoms with Crippen molar-refractivity contribution in [1.82, 2.24) is 9.88 Å². The summed E-state index contributed by atoms with van der Waals surface area (Å²) in [6.07, 6.45) is 5.83. The van der Waals surface area contributed by atoms with E-state index in [-0.39, 0.29) is 5.91 Å². The van der Waals surface area contributed by atoms with Crippen LogP contribution in [0.5, 0.6) is 0 Å². The molecule has 0 aliphatic heterocycles. The van der Waals surface area contributed by atoms with Crippen LogP contribution >= 0.6 is 0 Å². The first-order valence-corrected chi connectivity index (χ1v) is 4.19. The number of aromatic nitrogens is 1. The number of H-pyrrole nitrogens is 1. The molecule has 0 aromatic carbocycles. The van der Waals surface area contributed by atoms with E-state index in [0.717, 1.165) is 18.4 Å². The minimum absolute atomic E-state index is 0.124. The molecule has 0 atom stereocenters. The number of carbonyl (C=O) groups is 1. The number of nitrogens with one attached hydrogen (secondary N) is 1. The molecule has 0 spiro atoms. The molecule has 1 aromatic heterocycles. The lowest BCUT2D eigenvalue weighted by Gasteiger charge is -2.14. The summed E-state index contributed by atoms with van der Waals surface area (Å²) in [5.41, 5.74) is 0.754. The first-order valence-electron chi connectivity index (χ1n) is 4.19. The SMILES string of the molecule is CN(C(=O)c1cc[nH]c1)C1CC1. The average molecular weight is 164 g/mol. The molecule has 1 heterocycles. The largest absolute Gasteiger partial charge is 0.367 e. The fraction of sp³-hybridized carbons (Fsp3) is 0.444. The molecule has 0 bridgehead atoms. The zero-order chi connectivity index (χ0) is 8.55. The summed E-state index contributed by atoms with van der Waals surface area (Å²) in [6.45, 7) is 0. The highest BCUT2D eigenvalue weighted by Gasteiger charge is 2.29. The van der Waals surface area contributed by atoms with Crippen LogP contribution in [-0.2, 0) is 0 Å². The Hall–Kier alpha value is -1.25. The van der Waals surface area contributed by atoms with Gasteiger partial charge in [0.05, 0.1) is 5.56 Å². The second-order valence-corrected chi connectivity index (χ2v) is 3.25. The third kappa shape index (κ3) is 1.22. The lowest BCUT2D eigenvalue weighted by molar-refractivity contribution is 0.0785. The van der Waals surface area contributed by atoms with E-state index in [1.165, 1.54) is 0 Å². The maximum absolute atomic E-state index is 11.6. The lowest BCUT2D eigenvalue weighted by atomic mass is 10.3. The molecule has 0 unspecified atom stereocenters. The average Bonchev–Trinajstić information content (AvgIpc) is 2.79. The Morgan fingerprint density at radius 3 is 2.92 bits per heavy atom. The molecule has 1 saturated carbocycles. The van der Waals surface area contributed by atoms with E-state index in [2.05, 4.69) is 4.98 Å². The predicted molar refractivity (Wildman–Crippen MR) is 45.9 cm³/mol. The first kappa shape index (κ1) is 7.40. The maximum atomic E-state index is 11.6. The Balaban J connectivity index is 2.09. The third-order valence-corrected chi connectivity index (χ3v) is 2.26. The molecule has 64 valence electrons. The molecule has 1 amide bonds. The van der Waals surface area contributed by atoms with Crippen LogP contribution in [0, 0.1) is 0 Å². The van der Waals surface area contributed by atoms with Crippen molar-refractivity contribution in [2.75, 3.05) is 7.05 Å². The van der Waals surface area contributed by atoms with Crippen LogP contribution in [0.1, 0.15) is 23.2 Å². The lowest BCUT2D eigenvalue weighted by Crippen LogP contribution is -2.28. The molecule has 1 aliphatic rings. The van der Waals surface area contributed by atoms with Crippen LogP contribution < -0.4 is 0 Å². The minimum Gasteiger partial charge on any atom is -0.367 e. The van der Waals surface area contributed by atoms with Gasteiger partial charge in [0, 0.05) is 25.5 Å². The number of aromatic amines is 1. The van der Waals surface area contributed by atoms with E-state index in [4.69, 9.17) is 0 Å². The molecular formula is C9H12N2O. The van der Waals surface area contributed by atoms with Gasteiger partial charge in [0.1, 0.15) is 0 Å². The van der Waals surface area contributed by atoms with Gasteiger partial charge in [-0.3, -0.25) is 4.79 Å². The molecule has 1 N–H and O–H groups in total. The predicted octanol–water partition coefficient (Wildman–Crippen LogP) is 1.25. The van der Waals surface area contributed by atoms with Gasteiger partial charge in [0.2, 0.25) is 0 Å². The highest BCUT2D eigenvalue weighted by molar-refractivity contribution is 5.94. The fourth-order valence-electron chi connectivity index (χ4n) is 1.29. The third-order valence-electron chi connectivity index (χ3n) is 2.26. The summed E-state index contributed by atoms with van der Waals surface area (Å²) in [4.78, 5) is 16.3. The van der Waals surface area contributed by atoms with Crippen molar-refractivity contribution in [2.45, 2.75) is 18.9 Å². The van der Waals surface area contributed by atoms with Gasteiger partial charge in [-0.2, -0.15) is 0 Å². The van der Waals surface area contributed by atoms with Gasteiger partial charge in [-0.15, -0.1) is 0 Å². The van der Waals surface area contributed by atoms with Gasteiger partial charge in [-0.05, 0) is 18.9 Å². The van der Waals surface area contributed by atoms with Crippen molar-refractivity contribution in [3.63, 3.8) is 0 Å². The second kappa shape index (κ2) is 2.66. The normalized spacial score (nSPS) is 16.1. The Kier molecular flexibility index (Phi) is 1.64. The zero-order valence-corrected chi connectivity index (χ0v) is 7.08. The molecule has 0 radical (unpaired) electrons. The van der Waals surface area contributed by atoms with E-state index < -0.39 is 0 Å². The second-order valence-electron chi connectivity index (χ2n) is 3.25. The quantitative estimate of drug-likeness (QED) is 0.701. The van der Waals surface area contributed by atoms with Gasteiger partial charge >= 0.3 is 0 Å². The van der Waals surface area contributed by atoms with Crippen LogP contribution in [0.3, 0.4) is 0 Å². The Bertz CT molecular complexity index is 275. The van der Waals surface area contributed by atoms with E-state index in [1.54, 1.807) is 18.5 Å². The standard InChI is InChI=1S/C9H12N2O/c1-11(8-2-3-8)9(12)7-4-5-10-6-7/h4-6,8,10H,2-3H2,1H3.